The molecule has 0 heterocycles. The van der Waals surface area contributed by atoms with E-state index in [1.807, 2.05) is 6.92 Å². The van der Waals surface area contributed by atoms with Crippen LogP contribution < -0.4 is 0 Å². The average molecular weight is 322 g/mol. The summed E-state index contributed by atoms with van der Waals surface area (Å²) in [6, 6.07) is 0. The Balaban J connectivity index is 1.69. The molecule has 0 aliphatic heterocycles. The first-order chi connectivity index (χ1) is 10.7. The second kappa shape index (κ2) is 4.95. The number of hydrogen-bond acceptors (Lipinski definition) is 3. The molecule has 0 aromatic heterocycles. The maximum Gasteiger partial charge on any atom is 0.0676 e. The van der Waals surface area contributed by atoms with Crippen LogP contribution >= 0.6 is 0 Å². The fraction of sp³-hybridized carbons (Fsp3) is 1.00. The molecule has 3 nitrogen and oxygen atoms in total. The van der Waals surface area contributed by atoms with Gasteiger partial charge in [0.15, 0.2) is 0 Å². The van der Waals surface area contributed by atoms with Crippen LogP contribution in [-0.2, 0) is 0 Å². The Kier molecular flexibility index (Phi) is 3.52. The number of aliphatic hydroxyl groups is 3. The van der Waals surface area contributed by atoms with Gasteiger partial charge in [-0.2, -0.15) is 0 Å². The van der Waals surface area contributed by atoms with Crippen molar-refractivity contribution in [3.05, 3.63) is 0 Å². The van der Waals surface area contributed by atoms with Crippen molar-refractivity contribution in [2.45, 2.75) is 89.9 Å². The summed E-state index contributed by atoms with van der Waals surface area (Å²) in [5.74, 6) is 2.03. The molecule has 4 rings (SSSR count). The summed E-state index contributed by atoms with van der Waals surface area (Å²) < 4.78 is 0. The molecular formula is C20H34O3. The Labute approximate surface area is 140 Å². The topological polar surface area (TPSA) is 60.7 Å². The van der Waals surface area contributed by atoms with Crippen molar-refractivity contribution in [1.29, 1.82) is 0 Å². The fourth-order valence-electron chi connectivity index (χ4n) is 7.58. The van der Waals surface area contributed by atoms with Gasteiger partial charge in [0.1, 0.15) is 0 Å². The Morgan fingerprint density at radius 1 is 0.913 bits per heavy atom. The zero-order chi connectivity index (χ0) is 16.6. The lowest BCUT2D eigenvalue weighted by Crippen LogP contribution is -2.61. The van der Waals surface area contributed by atoms with Gasteiger partial charge in [0.05, 0.1) is 17.8 Å². The molecule has 4 aliphatic rings. The summed E-state index contributed by atoms with van der Waals surface area (Å²) >= 11 is 0. The van der Waals surface area contributed by atoms with E-state index in [0.717, 1.165) is 38.5 Å². The van der Waals surface area contributed by atoms with Crippen molar-refractivity contribution in [2.75, 3.05) is 0 Å². The monoisotopic (exact) mass is 322 g/mol. The van der Waals surface area contributed by atoms with Crippen molar-refractivity contribution in [3.8, 4) is 0 Å². The van der Waals surface area contributed by atoms with Crippen LogP contribution in [0.4, 0.5) is 0 Å². The highest BCUT2D eigenvalue weighted by Crippen LogP contribution is 2.68. The molecule has 0 bridgehead atoms. The first-order valence-electron chi connectivity index (χ1n) is 9.77. The number of aliphatic hydroxyl groups excluding tert-OH is 2. The molecule has 9 atom stereocenters. The lowest BCUT2D eigenvalue weighted by molar-refractivity contribution is -0.197. The third-order valence-electron chi connectivity index (χ3n) is 9.13. The van der Waals surface area contributed by atoms with Crippen LogP contribution in [0.1, 0.15) is 72.1 Å². The average Bonchev–Trinajstić information content (AvgIpc) is 2.69. The highest BCUT2D eigenvalue weighted by molar-refractivity contribution is 5.15. The van der Waals surface area contributed by atoms with Gasteiger partial charge in [0.2, 0.25) is 0 Å². The van der Waals surface area contributed by atoms with Crippen LogP contribution in [0, 0.1) is 34.5 Å². The quantitative estimate of drug-likeness (QED) is 0.642. The number of hydrogen-bond donors (Lipinski definition) is 3. The molecule has 4 saturated carbocycles. The summed E-state index contributed by atoms with van der Waals surface area (Å²) in [6.45, 7) is 6.60. The zero-order valence-electron chi connectivity index (χ0n) is 15.0. The van der Waals surface area contributed by atoms with Crippen LogP contribution in [0.3, 0.4) is 0 Å². The smallest absolute Gasteiger partial charge is 0.0676 e. The molecule has 9 unspecified atom stereocenters. The van der Waals surface area contributed by atoms with E-state index in [1.54, 1.807) is 0 Å². The fourth-order valence-corrected chi connectivity index (χ4v) is 7.58. The minimum absolute atomic E-state index is 0.134. The van der Waals surface area contributed by atoms with Crippen LogP contribution in [0.15, 0.2) is 0 Å². The molecule has 0 aromatic rings. The Morgan fingerprint density at radius 2 is 1.65 bits per heavy atom. The highest BCUT2D eigenvalue weighted by Gasteiger charge is 2.65. The molecule has 3 N–H and O–H groups in total. The number of rotatable bonds is 0. The van der Waals surface area contributed by atoms with E-state index >= 15 is 0 Å². The molecule has 23 heavy (non-hydrogen) atoms. The first-order valence-corrected chi connectivity index (χ1v) is 9.77. The molecule has 0 amide bonds. The van der Waals surface area contributed by atoms with E-state index in [2.05, 4.69) is 13.8 Å². The molecule has 0 radical (unpaired) electrons. The predicted octanol–water partition coefficient (Wildman–Crippen LogP) is 3.11. The molecule has 0 saturated heterocycles. The van der Waals surface area contributed by atoms with E-state index in [4.69, 9.17) is 0 Å². The van der Waals surface area contributed by atoms with E-state index < -0.39 is 5.60 Å². The van der Waals surface area contributed by atoms with Crippen LogP contribution in [0.5, 0.6) is 0 Å². The molecule has 4 fully saturated rings. The van der Waals surface area contributed by atoms with Crippen molar-refractivity contribution in [1.82, 2.24) is 0 Å². The summed E-state index contributed by atoms with van der Waals surface area (Å²) in [7, 11) is 0. The zero-order valence-corrected chi connectivity index (χ0v) is 15.0. The summed E-state index contributed by atoms with van der Waals surface area (Å²) in [6.07, 6.45) is 7.53. The molecule has 4 aliphatic carbocycles. The normalized spacial score (nSPS) is 62.3. The van der Waals surface area contributed by atoms with Crippen LogP contribution in [0.25, 0.3) is 0 Å². The SMILES string of the molecule is CC12CCC(O)CC1CCC1C2C(O)CC2(C)C1CCC2(C)O. The van der Waals surface area contributed by atoms with Crippen molar-refractivity contribution >= 4 is 0 Å². The van der Waals surface area contributed by atoms with E-state index in [-0.39, 0.29) is 23.0 Å². The van der Waals surface area contributed by atoms with Gasteiger partial charge in [-0.05, 0) is 87.4 Å². The summed E-state index contributed by atoms with van der Waals surface area (Å²) in [5.41, 5.74) is -0.591. The maximum atomic E-state index is 11.1. The van der Waals surface area contributed by atoms with Crippen molar-refractivity contribution in [3.63, 3.8) is 0 Å². The van der Waals surface area contributed by atoms with Crippen molar-refractivity contribution < 1.29 is 15.3 Å². The summed E-state index contributed by atoms with van der Waals surface area (Å²) in [5, 5.41) is 32.2. The molecule has 3 heteroatoms. The Morgan fingerprint density at radius 3 is 2.39 bits per heavy atom. The number of fused-ring (bicyclic) bond motifs is 5. The lowest BCUT2D eigenvalue weighted by Gasteiger charge is -2.62. The third-order valence-corrected chi connectivity index (χ3v) is 9.13. The van der Waals surface area contributed by atoms with Gasteiger partial charge in [0, 0.05) is 5.41 Å². The van der Waals surface area contributed by atoms with E-state index in [0.29, 0.717) is 23.7 Å². The van der Waals surface area contributed by atoms with E-state index in [1.165, 1.54) is 12.8 Å². The first kappa shape index (κ1) is 16.4. The lowest BCUT2D eigenvalue weighted by atomic mass is 9.43. The minimum atomic E-state index is -0.635. The molecule has 132 valence electrons. The Hall–Kier alpha value is -0.120. The Bertz CT molecular complexity index is 489. The van der Waals surface area contributed by atoms with Gasteiger partial charge in [-0.3, -0.25) is 0 Å². The van der Waals surface area contributed by atoms with Gasteiger partial charge in [-0.15, -0.1) is 0 Å². The van der Waals surface area contributed by atoms with E-state index in [9.17, 15) is 15.3 Å². The standard InChI is InChI=1S/C20H34O3/c1-18-8-6-13(21)10-12(18)4-5-14-15-7-9-20(3,23)19(15,2)11-16(22)17(14)18/h12-17,21-23H,4-11H2,1-3H3. The molecule has 0 aromatic carbocycles. The minimum Gasteiger partial charge on any atom is -0.393 e. The van der Waals surface area contributed by atoms with Crippen LogP contribution in [-0.4, -0.2) is 33.1 Å². The highest BCUT2D eigenvalue weighted by atomic mass is 16.3. The van der Waals surface area contributed by atoms with Gasteiger partial charge >= 0.3 is 0 Å². The molecular weight excluding hydrogens is 288 g/mol. The van der Waals surface area contributed by atoms with Gasteiger partial charge in [0.25, 0.3) is 0 Å². The van der Waals surface area contributed by atoms with Gasteiger partial charge in [-0.25, -0.2) is 0 Å². The predicted molar refractivity (Wildman–Crippen MR) is 89.7 cm³/mol. The largest absolute Gasteiger partial charge is 0.393 e. The summed E-state index contributed by atoms with van der Waals surface area (Å²) in [4.78, 5) is 0. The van der Waals surface area contributed by atoms with Crippen molar-refractivity contribution in [2.24, 2.45) is 34.5 Å². The van der Waals surface area contributed by atoms with Gasteiger partial charge < -0.3 is 15.3 Å². The second-order valence-electron chi connectivity index (χ2n) is 10.0. The van der Waals surface area contributed by atoms with Crippen LogP contribution in [0.2, 0.25) is 0 Å². The second-order valence-corrected chi connectivity index (χ2v) is 10.0. The van der Waals surface area contributed by atoms with Gasteiger partial charge in [-0.1, -0.05) is 13.8 Å². The third kappa shape index (κ3) is 2.05. The maximum absolute atomic E-state index is 11.1. The molecule has 0 spiro atoms.